The number of likely N-dealkylation sites (tertiary alicyclic amines) is 1. The molecule has 5 heteroatoms. The van der Waals surface area contributed by atoms with Crippen molar-refractivity contribution in [2.75, 3.05) is 26.4 Å². The Hall–Kier alpha value is -0.970. The first kappa shape index (κ1) is 14.0. The fraction of sp³-hybridized carbons (Fsp3) is 0.600. The number of benzene rings is 1. The maximum absolute atomic E-state index is 6.27. The number of rotatable bonds is 4. The first-order chi connectivity index (χ1) is 9.72. The van der Waals surface area contributed by atoms with Crippen LogP contribution >= 0.6 is 11.6 Å². The molecule has 4 nitrogen and oxygen atoms in total. The number of hydrogen-bond donors (Lipinski definition) is 1. The molecule has 0 aliphatic carbocycles. The Labute approximate surface area is 124 Å². The molecule has 20 heavy (non-hydrogen) atoms. The molecule has 0 amide bonds. The molecule has 2 unspecified atom stereocenters. The molecule has 2 heterocycles. The van der Waals surface area contributed by atoms with Gasteiger partial charge in [-0.25, -0.2) is 0 Å². The number of ether oxygens (including phenoxy) is 2. The van der Waals surface area contributed by atoms with Gasteiger partial charge >= 0.3 is 0 Å². The van der Waals surface area contributed by atoms with E-state index in [9.17, 15) is 0 Å². The van der Waals surface area contributed by atoms with Gasteiger partial charge in [-0.3, -0.25) is 4.90 Å². The summed E-state index contributed by atoms with van der Waals surface area (Å²) in [4.78, 5) is 2.46. The number of hydrogen-bond acceptors (Lipinski definition) is 4. The fourth-order valence-electron chi connectivity index (χ4n) is 3.15. The molecule has 1 aromatic carbocycles. The highest BCUT2D eigenvalue weighted by Crippen LogP contribution is 2.42. The van der Waals surface area contributed by atoms with Gasteiger partial charge in [0.05, 0.1) is 5.02 Å². The molecule has 0 aromatic heterocycles. The van der Waals surface area contributed by atoms with E-state index in [0.29, 0.717) is 17.3 Å². The van der Waals surface area contributed by atoms with E-state index < -0.39 is 0 Å². The van der Waals surface area contributed by atoms with Crippen LogP contribution in [-0.2, 0) is 0 Å². The third-order valence-corrected chi connectivity index (χ3v) is 4.67. The van der Waals surface area contributed by atoms with Crippen LogP contribution in [0.2, 0.25) is 5.02 Å². The van der Waals surface area contributed by atoms with Crippen LogP contribution in [0.1, 0.15) is 31.4 Å². The summed E-state index contributed by atoms with van der Waals surface area (Å²) in [6.45, 7) is 5.31. The smallest absolute Gasteiger partial charge is 0.231 e. The summed E-state index contributed by atoms with van der Waals surface area (Å²) in [7, 11) is 0. The van der Waals surface area contributed by atoms with E-state index in [1.807, 2.05) is 12.1 Å². The summed E-state index contributed by atoms with van der Waals surface area (Å²) in [6, 6.07) is 4.19. The van der Waals surface area contributed by atoms with Crippen molar-refractivity contribution in [2.45, 2.75) is 25.8 Å². The van der Waals surface area contributed by atoms with E-state index in [1.54, 1.807) is 0 Å². The lowest BCUT2D eigenvalue weighted by atomic mass is 10.0. The minimum atomic E-state index is 0.207. The quantitative estimate of drug-likeness (QED) is 0.928. The number of nitrogens with two attached hydrogens (primary N) is 1. The minimum absolute atomic E-state index is 0.207. The van der Waals surface area contributed by atoms with Gasteiger partial charge in [0.25, 0.3) is 0 Å². The fourth-order valence-corrected chi connectivity index (χ4v) is 3.43. The van der Waals surface area contributed by atoms with E-state index in [0.717, 1.165) is 30.3 Å². The Bertz CT molecular complexity index is 495. The molecule has 1 aromatic rings. The molecule has 2 aliphatic rings. The zero-order chi connectivity index (χ0) is 14.1. The lowest BCUT2D eigenvalue weighted by molar-refractivity contribution is 0.174. The van der Waals surface area contributed by atoms with Crippen molar-refractivity contribution in [1.29, 1.82) is 0 Å². The van der Waals surface area contributed by atoms with Crippen LogP contribution in [0.15, 0.2) is 12.1 Å². The number of nitrogens with zero attached hydrogens (tertiary/aromatic N) is 1. The van der Waals surface area contributed by atoms with Crippen molar-refractivity contribution in [3.63, 3.8) is 0 Å². The third kappa shape index (κ3) is 2.48. The van der Waals surface area contributed by atoms with Crippen LogP contribution in [0.5, 0.6) is 11.5 Å². The van der Waals surface area contributed by atoms with Gasteiger partial charge in [-0.05, 0) is 36.6 Å². The molecule has 0 saturated carbocycles. The summed E-state index contributed by atoms with van der Waals surface area (Å²) in [5.74, 6) is 2.17. The lowest BCUT2D eigenvalue weighted by Gasteiger charge is -2.27. The first-order valence-corrected chi connectivity index (χ1v) is 7.63. The molecule has 0 bridgehead atoms. The highest BCUT2D eigenvalue weighted by molar-refractivity contribution is 6.32. The molecule has 0 radical (unpaired) electrons. The van der Waals surface area contributed by atoms with Gasteiger partial charge < -0.3 is 15.2 Å². The molecule has 2 N–H and O–H groups in total. The van der Waals surface area contributed by atoms with Crippen molar-refractivity contribution in [3.05, 3.63) is 22.7 Å². The molecular weight excluding hydrogens is 276 g/mol. The zero-order valence-corrected chi connectivity index (χ0v) is 12.5. The van der Waals surface area contributed by atoms with Gasteiger partial charge in [-0.1, -0.05) is 24.9 Å². The number of halogens is 1. The Balaban J connectivity index is 1.85. The van der Waals surface area contributed by atoms with E-state index >= 15 is 0 Å². The Morgan fingerprint density at radius 2 is 2.30 bits per heavy atom. The molecule has 110 valence electrons. The second kappa shape index (κ2) is 5.80. The first-order valence-electron chi connectivity index (χ1n) is 7.26. The van der Waals surface area contributed by atoms with Gasteiger partial charge in [0, 0.05) is 19.1 Å². The molecule has 3 rings (SSSR count). The predicted molar refractivity (Wildman–Crippen MR) is 79.3 cm³/mol. The topological polar surface area (TPSA) is 47.7 Å². The van der Waals surface area contributed by atoms with Crippen LogP contribution < -0.4 is 15.2 Å². The summed E-state index contributed by atoms with van der Waals surface area (Å²) in [5.41, 5.74) is 7.13. The van der Waals surface area contributed by atoms with E-state index in [4.69, 9.17) is 26.8 Å². The van der Waals surface area contributed by atoms with Crippen LogP contribution in [0.25, 0.3) is 0 Å². The SMILES string of the molecule is CCC1CCN(C(CN)c2cc(Cl)c3c(c2)OCO3)C1. The van der Waals surface area contributed by atoms with Gasteiger partial charge in [-0.15, -0.1) is 0 Å². The minimum Gasteiger partial charge on any atom is -0.454 e. The zero-order valence-electron chi connectivity index (χ0n) is 11.8. The molecule has 2 atom stereocenters. The van der Waals surface area contributed by atoms with Crippen molar-refractivity contribution in [3.8, 4) is 11.5 Å². The number of fused-ring (bicyclic) bond motifs is 1. The van der Waals surface area contributed by atoms with Crippen LogP contribution in [-0.4, -0.2) is 31.3 Å². The highest BCUT2D eigenvalue weighted by Gasteiger charge is 2.29. The summed E-state index contributed by atoms with van der Waals surface area (Å²) in [5, 5.41) is 0.611. The maximum Gasteiger partial charge on any atom is 0.231 e. The van der Waals surface area contributed by atoms with E-state index in [-0.39, 0.29) is 12.8 Å². The lowest BCUT2D eigenvalue weighted by Crippen LogP contribution is -2.32. The van der Waals surface area contributed by atoms with Crippen molar-refractivity contribution < 1.29 is 9.47 Å². The Morgan fingerprint density at radius 1 is 1.45 bits per heavy atom. The van der Waals surface area contributed by atoms with Gasteiger partial charge in [0.2, 0.25) is 6.79 Å². The van der Waals surface area contributed by atoms with E-state index in [1.165, 1.54) is 12.8 Å². The Morgan fingerprint density at radius 3 is 3.00 bits per heavy atom. The average Bonchev–Trinajstić information content (AvgIpc) is 3.08. The van der Waals surface area contributed by atoms with Gasteiger partial charge in [-0.2, -0.15) is 0 Å². The molecule has 1 saturated heterocycles. The van der Waals surface area contributed by atoms with Crippen LogP contribution in [0.4, 0.5) is 0 Å². The summed E-state index contributed by atoms with van der Waals surface area (Å²) < 4.78 is 10.8. The second-order valence-electron chi connectivity index (χ2n) is 5.55. The van der Waals surface area contributed by atoms with Crippen molar-refractivity contribution in [2.24, 2.45) is 11.7 Å². The largest absolute Gasteiger partial charge is 0.454 e. The second-order valence-corrected chi connectivity index (χ2v) is 5.95. The maximum atomic E-state index is 6.27. The van der Waals surface area contributed by atoms with Gasteiger partial charge in [0.1, 0.15) is 0 Å². The molecule has 0 spiro atoms. The molecular formula is C15H21ClN2O2. The van der Waals surface area contributed by atoms with E-state index in [2.05, 4.69) is 11.8 Å². The molecule has 2 aliphatic heterocycles. The summed E-state index contributed by atoms with van der Waals surface area (Å²) in [6.07, 6.45) is 2.49. The van der Waals surface area contributed by atoms with Crippen LogP contribution in [0.3, 0.4) is 0 Å². The highest BCUT2D eigenvalue weighted by atomic mass is 35.5. The van der Waals surface area contributed by atoms with Crippen LogP contribution in [0, 0.1) is 5.92 Å². The third-order valence-electron chi connectivity index (χ3n) is 4.39. The van der Waals surface area contributed by atoms with Crippen molar-refractivity contribution in [1.82, 2.24) is 4.90 Å². The normalized spacial score (nSPS) is 23.2. The standard InChI is InChI=1S/C15H21ClN2O2/c1-2-10-3-4-18(8-10)13(7-17)11-5-12(16)15-14(6-11)19-9-20-15/h5-6,10,13H,2-4,7-9,17H2,1H3. The predicted octanol–water partition coefficient (Wildman–Crippen LogP) is 2.80. The Kier molecular flexibility index (Phi) is 4.06. The monoisotopic (exact) mass is 296 g/mol. The molecule has 1 fully saturated rings. The van der Waals surface area contributed by atoms with Crippen molar-refractivity contribution >= 4 is 11.6 Å². The average molecular weight is 297 g/mol. The summed E-state index contributed by atoms with van der Waals surface area (Å²) >= 11 is 6.27. The van der Waals surface area contributed by atoms with Gasteiger partial charge in [0.15, 0.2) is 11.5 Å².